The average Bonchev–Trinajstić information content (AvgIpc) is 3.25. The number of carbonyl (C=O) groups is 1. The molecule has 0 atom stereocenters. The Kier molecular flexibility index (Phi) is 6.95. The quantitative estimate of drug-likeness (QED) is 0.601. The van der Waals surface area contributed by atoms with Crippen LogP contribution < -0.4 is 5.32 Å². The Balaban J connectivity index is 1.20. The molecular formula is C25H29FN4O2. The van der Waals surface area contributed by atoms with Crippen molar-refractivity contribution in [2.45, 2.75) is 52.1 Å². The lowest BCUT2D eigenvalue weighted by molar-refractivity contribution is -0.122. The molecule has 0 saturated carbocycles. The Morgan fingerprint density at radius 1 is 1.19 bits per heavy atom. The van der Waals surface area contributed by atoms with Gasteiger partial charge in [-0.3, -0.25) is 9.69 Å². The maximum absolute atomic E-state index is 13.8. The number of aromatic nitrogens is 2. The van der Waals surface area contributed by atoms with Crippen LogP contribution in [0.1, 0.15) is 41.8 Å². The van der Waals surface area contributed by atoms with E-state index in [2.05, 4.69) is 51.5 Å². The number of nitrogens with one attached hydrogen (secondary N) is 1. The van der Waals surface area contributed by atoms with Gasteiger partial charge >= 0.3 is 0 Å². The minimum absolute atomic E-state index is 0.0109. The molecule has 1 aliphatic heterocycles. The van der Waals surface area contributed by atoms with E-state index in [1.165, 1.54) is 17.2 Å². The molecule has 0 spiro atoms. The highest BCUT2D eigenvalue weighted by Gasteiger charge is 2.21. The summed E-state index contributed by atoms with van der Waals surface area (Å²) < 4.78 is 19.0. The maximum Gasteiger partial charge on any atom is 0.227 e. The number of hydrogen-bond acceptors (Lipinski definition) is 5. The van der Waals surface area contributed by atoms with Gasteiger partial charge in [0, 0.05) is 44.1 Å². The third kappa shape index (κ3) is 5.79. The number of nitrogens with zero attached hydrogens (tertiary/aromatic N) is 3. The first-order valence-corrected chi connectivity index (χ1v) is 11.1. The van der Waals surface area contributed by atoms with Crippen LogP contribution in [0.15, 0.2) is 47.0 Å². The van der Waals surface area contributed by atoms with Gasteiger partial charge in [-0.25, -0.2) is 4.39 Å². The molecule has 0 radical (unpaired) electrons. The second-order valence-electron chi connectivity index (χ2n) is 8.58. The molecule has 7 heteroatoms. The number of piperidine rings is 1. The first-order chi connectivity index (χ1) is 15.5. The lowest BCUT2D eigenvalue weighted by atomic mass is 10.0. The van der Waals surface area contributed by atoms with Crippen molar-refractivity contribution in [3.05, 3.63) is 70.9 Å². The van der Waals surface area contributed by atoms with Gasteiger partial charge in [0.25, 0.3) is 0 Å². The lowest BCUT2D eigenvalue weighted by Crippen LogP contribution is -2.44. The minimum Gasteiger partial charge on any atom is -0.353 e. The van der Waals surface area contributed by atoms with Gasteiger partial charge in [-0.1, -0.05) is 47.1 Å². The molecule has 168 valence electrons. The second-order valence-corrected chi connectivity index (χ2v) is 8.58. The topological polar surface area (TPSA) is 71.3 Å². The molecule has 1 N–H and O–H groups in total. The van der Waals surface area contributed by atoms with Crippen LogP contribution in [-0.2, 0) is 17.8 Å². The first kappa shape index (κ1) is 22.1. The normalized spacial score (nSPS) is 15.1. The number of amides is 1. The van der Waals surface area contributed by atoms with Crippen LogP contribution in [0.3, 0.4) is 0 Å². The number of aryl methyl sites for hydroxylation is 3. The molecule has 32 heavy (non-hydrogen) atoms. The molecule has 1 saturated heterocycles. The summed E-state index contributed by atoms with van der Waals surface area (Å²) in [5, 5.41) is 7.04. The monoisotopic (exact) mass is 436 g/mol. The molecule has 0 aliphatic carbocycles. The Bertz CT molecular complexity index is 1070. The molecule has 4 rings (SSSR count). The van der Waals surface area contributed by atoms with Crippen molar-refractivity contribution in [2.24, 2.45) is 0 Å². The molecule has 6 nitrogen and oxygen atoms in total. The Hall–Kier alpha value is -3.06. The molecule has 3 aromatic rings. The second kappa shape index (κ2) is 10.0. The van der Waals surface area contributed by atoms with Crippen molar-refractivity contribution in [3.8, 4) is 11.4 Å². The highest BCUT2D eigenvalue weighted by Crippen LogP contribution is 2.19. The molecule has 1 amide bonds. The fourth-order valence-electron chi connectivity index (χ4n) is 4.03. The van der Waals surface area contributed by atoms with E-state index < -0.39 is 0 Å². The van der Waals surface area contributed by atoms with Crippen molar-refractivity contribution in [3.63, 3.8) is 0 Å². The van der Waals surface area contributed by atoms with Gasteiger partial charge in [0.1, 0.15) is 5.82 Å². The Morgan fingerprint density at radius 3 is 2.75 bits per heavy atom. The van der Waals surface area contributed by atoms with Gasteiger partial charge in [-0.2, -0.15) is 4.98 Å². The standard InChI is InChI=1S/C25H29FN4O2/c1-17-4-3-5-19(14-17)16-30-12-10-21(11-13-30)27-23(31)8-9-24-28-25(29-32-24)20-7-6-18(2)22(26)15-20/h3-7,14-15,21H,8-13,16H2,1-2H3,(H,27,31). The van der Waals surface area contributed by atoms with Crippen LogP contribution in [0, 0.1) is 19.7 Å². The first-order valence-electron chi connectivity index (χ1n) is 11.1. The predicted molar refractivity (Wildman–Crippen MR) is 120 cm³/mol. The fraction of sp³-hybridized carbons (Fsp3) is 0.400. The van der Waals surface area contributed by atoms with E-state index in [1.807, 2.05) is 0 Å². The minimum atomic E-state index is -0.307. The fourth-order valence-corrected chi connectivity index (χ4v) is 4.03. The van der Waals surface area contributed by atoms with E-state index in [0.29, 0.717) is 29.3 Å². The van der Waals surface area contributed by atoms with Crippen LogP contribution >= 0.6 is 0 Å². The van der Waals surface area contributed by atoms with Crippen LogP contribution in [0.4, 0.5) is 4.39 Å². The number of likely N-dealkylation sites (tertiary alicyclic amines) is 1. The summed E-state index contributed by atoms with van der Waals surface area (Å²) in [5.74, 6) is 0.394. The van der Waals surface area contributed by atoms with E-state index in [-0.39, 0.29) is 24.2 Å². The number of carbonyl (C=O) groups excluding carboxylic acids is 1. The zero-order valence-electron chi connectivity index (χ0n) is 18.6. The molecule has 0 unspecified atom stereocenters. The van der Waals surface area contributed by atoms with Crippen molar-refractivity contribution >= 4 is 5.91 Å². The van der Waals surface area contributed by atoms with Crippen molar-refractivity contribution in [1.29, 1.82) is 0 Å². The van der Waals surface area contributed by atoms with Gasteiger partial charge in [0.2, 0.25) is 17.6 Å². The molecule has 1 aromatic heterocycles. The lowest BCUT2D eigenvalue weighted by Gasteiger charge is -2.32. The summed E-state index contributed by atoms with van der Waals surface area (Å²) >= 11 is 0. The van der Waals surface area contributed by atoms with E-state index in [9.17, 15) is 9.18 Å². The summed E-state index contributed by atoms with van der Waals surface area (Å²) in [7, 11) is 0. The summed E-state index contributed by atoms with van der Waals surface area (Å²) in [6.45, 7) is 6.71. The summed E-state index contributed by atoms with van der Waals surface area (Å²) in [6.07, 6.45) is 2.54. The largest absolute Gasteiger partial charge is 0.353 e. The van der Waals surface area contributed by atoms with E-state index in [1.54, 1.807) is 19.1 Å². The molecule has 2 heterocycles. The van der Waals surface area contributed by atoms with E-state index in [0.717, 1.165) is 32.5 Å². The molecule has 0 bridgehead atoms. The average molecular weight is 437 g/mol. The third-order valence-electron chi connectivity index (χ3n) is 5.91. The number of rotatable bonds is 7. The number of halogens is 1. The summed E-state index contributed by atoms with van der Waals surface area (Å²) in [5.41, 5.74) is 3.74. The van der Waals surface area contributed by atoms with E-state index in [4.69, 9.17) is 4.52 Å². The SMILES string of the molecule is Cc1cccc(CN2CCC(NC(=O)CCc3nc(-c4ccc(C)c(F)c4)no3)CC2)c1. The van der Waals surface area contributed by atoms with Gasteiger partial charge in [-0.15, -0.1) is 0 Å². The van der Waals surface area contributed by atoms with E-state index >= 15 is 0 Å². The molecule has 2 aromatic carbocycles. The van der Waals surface area contributed by atoms with Crippen LogP contribution in [0.25, 0.3) is 11.4 Å². The molecular weight excluding hydrogens is 407 g/mol. The Labute approximate surface area is 187 Å². The zero-order chi connectivity index (χ0) is 22.5. The smallest absolute Gasteiger partial charge is 0.227 e. The van der Waals surface area contributed by atoms with Crippen molar-refractivity contribution in [2.75, 3.05) is 13.1 Å². The van der Waals surface area contributed by atoms with Crippen LogP contribution in [0.5, 0.6) is 0 Å². The summed E-state index contributed by atoms with van der Waals surface area (Å²) in [6, 6.07) is 13.6. The van der Waals surface area contributed by atoms with Gasteiger partial charge in [0.15, 0.2) is 0 Å². The maximum atomic E-state index is 13.8. The van der Waals surface area contributed by atoms with Gasteiger partial charge < -0.3 is 9.84 Å². The van der Waals surface area contributed by atoms with Crippen LogP contribution in [-0.4, -0.2) is 40.1 Å². The number of hydrogen-bond donors (Lipinski definition) is 1. The van der Waals surface area contributed by atoms with Gasteiger partial charge in [-0.05, 0) is 43.9 Å². The summed E-state index contributed by atoms with van der Waals surface area (Å²) in [4.78, 5) is 19.1. The highest BCUT2D eigenvalue weighted by molar-refractivity contribution is 5.76. The third-order valence-corrected chi connectivity index (χ3v) is 5.91. The Morgan fingerprint density at radius 2 is 2.00 bits per heavy atom. The molecule has 1 aliphatic rings. The van der Waals surface area contributed by atoms with Crippen molar-refractivity contribution in [1.82, 2.24) is 20.4 Å². The molecule has 1 fully saturated rings. The van der Waals surface area contributed by atoms with Crippen LogP contribution in [0.2, 0.25) is 0 Å². The van der Waals surface area contributed by atoms with Crippen molar-refractivity contribution < 1.29 is 13.7 Å². The zero-order valence-corrected chi connectivity index (χ0v) is 18.6. The van der Waals surface area contributed by atoms with Gasteiger partial charge in [0.05, 0.1) is 0 Å². The predicted octanol–water partition coefficient (Wildman–Crippen LogP) is 4.21. The highest BCUT2D eigenvalue weighted by atomic mass is 19.1. The number of benzene rings is 2.